The normalized spacial score (nSPS) is 14.3. The van der Waals surface area contributed by atoms with Gasteiger partial charge in [0.05, 0.1) is 34.4 Å². The summed E-state index contributed by atoms with van der Waals surface area (Å²) in [5.41, 5.74) is 3.68. The Kier molecular flexibility index (Phi) is 17.3. The highest BCUT2D eigenvalue weighted by atomic mass is 35.5. The molecule has 332 valence electrons. The molecule has 6 aromatic rings. The quantitative estimate of drug-likeness (QED) is 0.0610. The number of ketones is 2. The Morgan fingerprint density at radius 2 is 1.17 bits per heavy atom. The number of carbonyl (C=O) groups excluding carboxylic acids is 2. The predicted molar refractivity (Wildman–Crippen MR) is 253 cm³/mol. The number of halogens is 3. The summed E-state index contributed by atoms with van der Waals surface area (Å²) in [6.07, 6.45) is 6.68. The Morgan fingerprint density at radius 1 is 0.698 bits per heavy atom. The molecule has 19 heteroatoms. The van der Waals surface area contributed by atoms with Gasteiger partial charge in [-0.3, -0.25) is 9.59 Å². The Morgan fingerprint density at radius 3 is 1.63 bits per heavy atom. The molecule has 2 aliphatic rings. The summed E-state index contributed by atoms with van der Waals surface area (Å²) in [6.45, 7) is 11.0. The summed E-state index contributed by atoms with van der Waals surface area (Å²) >= 11 is 20.9. The van der Waals surface area contributed by atoms with Gasteiger partial charge in [-0.1, -0.05) is 81.7 Å². The van der Waals surface area contributed by atoms with Crippen molar-refractivity contribution in [2.24, 2.45) is 0 Å². The van der Waals surface area contributed by atoms with Gasteiger partial charge in [-0.2, -0.15) is 0 Å². The van der Waals surface area contributed by atoms with E-state index in [0.29, 0.717) is 58.5 Å². The van der Waals surface area contributed by atoms with E-state index in [1.807, 2.05) is 51.1 Å². The van der Waals surface area contributed by atoms with Crippen molar-refractivity contribution in [3.8, 4) is 0 Å². The van der Waals surface area contributed by atoms with Crippen molar-refractivity contribution in [1.82, 2.24) is 35.2 Å². The van der Waals surface area contributed by atoms with Crippen LogP contribution in [0.25, 0.3) is 0 Å². The first-order chi connectivity index (χ1) is 30.2. The molecule has 6 heterocycles. The maximum absolute atomic E-state index is 12.8. The Bertz CT molecular complexity index is 2450. The molecular formula is C44H49Cl3N10O4S2. The smallest absolute Gasteiger partial charge is 0.188 e. The SMILES string of the molecule is Cc1nc(Cl)cc(Nc2ncc(C(=O)Cc3c(C)cccc3Cl)s2)n1.Cc1nc(Nc2ncc(C(=O)Cc3c(C)cccc3Cl)s2)cc(N2CCC(O)CC2)n1.OC1CCNCC1. The molecule has 0 spiro atoms. The number of thiazole rings is 2. The summed E-state index contributed by atoms with van der Waals surface area (Å²) in [5, 5.41) is 30.7. The molecule has 5 N–H and O–H groups in total. The van der Waals surface area contributed by atoms with Crippen LogP contribution in [0.4, 0.5) is 27.7 Å². The van der Waals surface area contributed by atoms with Gasteiger partial charge in [-0.05, 0) is 101 Å². The van der Waals surface area contributed by atoms with Crippen LogP contribution < -0.4 is 20.9 Å². The number of piperidine rings is 2. The van der Waals surface area contributed by atoms with Crippen molar-refractivity contribution in [1.29, 1.82) is 0 Å². The fourth-order valence-electron chi connectivity index (χ4n) is 6.69. The van der Waals surface area contributed by atoms with Crippen molar-refractivity contribution < 1.29 is 19.8 Å². The molecule has 0 saturated carbocycles. The molecule has 0 amide bonds. The van der Waals surface area contributed by atoms with E-state index in [9.17, 15) is 14.7 Å². The highest BCUT2D eigenvalue weighted by Crippen LogP contribution is 2.29. The zero-order valence-electron chi connectivity index (χ0n) is 35.3. The van der Waals surface area contributed by atoms with Gasteiger partial charge < -0.3 is 31.1 Å². The van der Waals surface area contributed by atoms with Crippen molar-refractivity contribution in [2.45, 2.75) is 78.4 Å². The molecule has 0 unspecified atom stereocenters. The van der Waals surface area contributed by atoms with E-state index in [2.05, 4.69) is 50.8 Å². The van der Waals surface area contributed by atoms with Crippen LogP contribution in [0, 0.1) is 27.7 Å². The molecule has 14 nitrogen and oxygen atoms in total. The van der Waals surface area contributed by atoms with Crippen molar-refractivity contribution in [2.75, 3.05) is 41.7 Å². The van der Waals surface area contributed by atoms with Gasteiger partial charge in [0.1, 0.15) is 34.3 Å². The number of rotatable bonds is 11. The van der Waals surface area contributed by atoms with Gasteiger partial charge in [-0.25, -0.2) is 29.9 Å². The lowest BCUT2D eigenvalue weighted by Gasteiger charge is -2.30. The summed E-state index contributed by atoms with van der Waals surface area (Å²) in [4.78, 5) is 54.3. The highest BCUT2D eigenvalue weighted by molar-refractivity contribution is 7.17. The first kappa shape index (κ1) is 47.8. The molecular weight excluding hydrogens is 903 g/mol. The highest BCUT2D eigenvalue weighted by Gasteiger charge is 2.21. The van der Waals surface area contributed by atoms with Crippen LogP contribution in [-0.2, 0) is 12.8 Å². The number of hydrogen-bond acceptors (Lipinski definition) is 16. The zero-order valence-corrected chi connectivity index (χ0v) is 39.2. The fraction of sp³-hybridized carbons (Fsp3) is 0.364. The van der Waals surface area contributed by atoms with E-state index in [1.165, 1.54) is 22.7 Å². The van der Waals surface area contributed by atoms with Crippen LogP contribution in [0.15, 0.2) is 60.9 Å². The molecule has 2 saturated heterocycles. The van der Waals surface area contributed by atoms with Crippen LogP contribution >= 0.6 is 57.5 Å². The Labute approximate surface area is 389 Å². The number of aliphatic hydroxyl groups excluding tert-OH is 2. The van der Waals surface area contributed by atoms with E-state index in [-0.39, 0.29) is 36.6 Å². The average Bonchev–Trinajstić information content (AvgIpc) is 3.91. The number of aryl methyl sites for hydroxylation is 4. The van der Waals surface area contributed by atoms with Gasteiger partial charge in [0.25, 0.3) is 0 Å². The van der Waals surface area contributed by atoms with Crippen LogP contribution in [0.2, 0.25) is 15.2 Å². The van der Waals surface area contributed by atoms with Crippen molar-refractivity contribution >= 4 is 96.8 Å². The second-order valence-corrected chi connectivity index (χ2v) is 18.3. The molecule has 8 rings (SSSR count). The lowest BCUT2D eigenvalue weighted by atomic mass is 10.0. The van der Waals surface area contributed by atoms with Gasteiger partial charge in [0.15, 0.2) is 21.8 Å². The van der Waals surface area contributed by atoms with Crippen molar-refractivity contribution in [3.05, 3.63) is 120 Å². The van der Waals surface area contributed by atoms with Gasteiger partial charge in [-0.15, -0.1) is 0 Å². The molecule has 4 aromatic heterocycles. The minimum Gasteiger partial charge on any atom is -0.393 e. The molecule has 0 radical (unpaired) electrons. The van der Waals surface area contributed by atoms with Gasteiger partial charge in [0, 0.05) is 48.1 Å². The first-order valence-corrected chi connectivity index (χ1v) is 23.2. The average molecular weight is 952 g/mol. The largest absolute Gasteiger partial charge is 0.393 e. The molecule has 0 atom stereocenters. The summed E-state index contributed by atoms with van der Waals surface area (Å²) < 4.78 is 0. The number of carbonyl (C=O) groups is 2. The molecule has 2 fully saturated rings. The molecule has 0 bridgehead atoms. The fourth-order valence-corrected chi connectivity index (χ4v) is 9.02. The third kappa shape index (κ3) is 14.2. The minimum atomic E-state index is -0.238. The van der Waals surface area contributed by atoms with E-state index >= 15 is 0 Å². The Hall–Kier alpha value is -4.65. The summed E-state index contributed by atoms with van der Waals surface area (Å²) in [5.74, 6) is 3.14. The lowest BCUT2D eigenvalue weighted by molar-refractivity contribution is 0.0988. The summed E-state index contributed by atoms with van der Waals surface area (Å²) in [7, 11) is 0. The van der Waals surface area contributed by atoms with Crippen LogP contribution in [-0.4, -0.2) is 90.1 Å². The first-order valence-electron chi connectivity index (χ1n) is 20.4. The lowest BCUT2D eigenvalue weighted by Crippen LogP contribution is -2.36. The van der Waals surface area contributed by atoms with E-state index in [0.717, 1.165) is 79.9 Å². The second-order valence-electron chi connectivity index (χ2n) is 15.1. The monoisotopic (exact) mass is 950 g/mol. The number of Topliss-reactive ketones (excluding diaryl/α,β-unsaturated/α-hetero) is 2. The van der Waals surface area contributed by atoms with E-state index < -0.39 is 0 Å². The van der Waals surface area contributed by atoms with Crippen LogP contribution in [0.1, 0.15) is 78.9 Å². The zero-order chi connectivity index (χ0) is 45.0. The van der Waals surface area contributed by atoms with E-state index in [4.69, 9.17) is 39.9 Å². The maximum Gasteiger partial charge on any atom is 0.188 e. The van der Waals surface area contributed by atoms with Gasteiger partial charge >= 0.3 is 0 Å². The molecule has 0 aliphatic carbocycles. The minimum absolute atomic E-state index is 0.0202. The number of aliphatic hydroxyl groups is 2. The van der Waals surface area contributed by atoms with E-state index in [1.54, 1.807) is 37.5 Å². The maximum atomic E-state index is 12.8. The van der Waals surface area contributed by atoms with Crippen LogP contribution in [0.5, 0.6) is 0 Å². The number of anilines is 5. The standard InChI is InChI=1S/C22H24ClN5O2S.C17H14Cl2N4OS.C5H11NO/c1-13-4-3-5-17(23)16(13)10-18(30)19-12-24-22(31-19)27-20-11-21(26-14(2)25-20)28-8-6-15(29)7-9-28;1-9-4-3-5-12(18)11(9)6-13(24)14-8-20-17(25-14)23-16-7-15(19)21-10(2)22-16;7-5-1-3-6-4-2-5/h3-5,11-12,15,29H,6-10H2,1-2H3,(H,24,25,26,27);3-5,7-8H,6H2,1-2H3,(H,20,21,22,23);5-7H,1-4H2. The molecule has 63 heavy (non-hydrogen) atoms. The number of aromatic nitrogens is 6. The topological polar surface area (TPSA) is 191 Å². The summed E-state index contributed by atoms with van der Waals surface area (Å²) in [6, 6.07) is 14.7. The number of hydrogen-bond donors (Lipinski definition) is 5. The number of nitrogens with zero attached hydrogens (tertiary/aromatic N) is 7. The van der Waals surface area contributed by atoms with Gasteiger partial charge in [0.2, 0.25) is 0 Å². The predicted octanol–water partition coefficient (Wildman–Crippen LogP) is 9.09. The number of nitrogens with one attached hydrogen (secondary N) is 3. The molecule has 2 aromatic carbocycles. The second kappa shape index (κ2) is 22.8. The third-order valence-electron chi connectivity index (χ3n) is 10.1. The van der Waals surface area contributed by atoms with Crippen molar-refractivity contribution in [3.63, 3.8) is 0 Å². The third-order valence-corrected chi connectivity index (χ3v) is 12.9. The Balaban J connectivity index is 0.000000184. The number of benzene rings is 2. The molecule has 2 aliphatic heterocycles. The van der Waals surface area contributed by atoms with Crippen LogP contribution in [0.3, 0.4) is 0 Å².